The first-order valence-electron chi connectivity index (χ1n) is 5.68. The van der Waals surface area contributed by atoms with E-state index in [1.54, 1.807) is 10.9 Å². The molecule has 0 spiro atoms. The summed E-state index contributed by atoms with van der Waals surface area (Å²) in [4.78, 5) is 11.2. The second kappa shape index (κ2) is 3.95. The van der Waals surface area contributed by atoms with Gasteiger partial charge >= 0.3 is 5.97 Å². The molecule has 2 aromatic rings. The van der Waals surface area contributed by atoms with E-state index in [2.05, 4.69) is 15.3 Å². The van der Waals surface area contributed by atoms with Crippen LogP contribution in [0.4, 0.5) is 0 Å². The number of carboxylic acid groups (broad SMARTS) is 1. The van der Waals surface area contributed by atoms with Gasteiger partial charge < -0.3 is 10.2 Å². The number of rotatable bonds is 3. The topological polar surface area (TPSA) is 104 Å². The van der Waals surface area contributed by atoms with Crippen LogP contribution in [-0.4, -0.2) is 42.8 Å². The number of hydrogen-bond donors (Lipinski definition) is 3. The predicted molar refractivity (Wildman–Crippen MR) is 61.3 cm³/mol. The summed E-state index contributed by atoms with van der Waals surface area (Å²) in [7, 11) is 0. The van der Waals surface area contributed by atoms with Gasteiger partial charge in [-0.2, -0.15) is 10.2 Å². The number of aromatic amines is 1. The van der Waals surface area contributed by atoms with E-state index in [-0.39, 0.29) is 18.8 Å². The predicted octanol–water partition coefficient (Wildman–Crippen LogP) is 0.0623. The molecule has 18 heavy (non-hydrogen) atoms. The molecule has 1 aliphatic rings. The Balaban J connectivity index is 2.23. The van der Waals surface area contributed by atoms with Crippen LogP contribution in [0.1, 0.15) is 21.7 Å². The van der Waals surface area contributed by atoms with Crippen molar-refractivity contribution in [3.05, 3.63) is 23.1 Å². The molecule has 0 unspecified atom stereocenters. The Morgan fingerprint density at radius 2 is 2.33 bits per heavy atom. The summed E-state index contributed by atoms with van der Waals surface area (Å²) >= 11 is 0. The third kappa shape index (κ3) is 1.44. The van der Waals surface area contributed by atoms with Crippen LogP contribution >= 0.6 is 0 Å². The van der Waals surface area contributed by atoms with Crippen LogP contribution in [0, 0.1) is 0 Å². The Morgan fingerprint density at radius 1 is 1.50 bits per heavy atom. The van der Waals surface area contributed by atoms with E-state index < -0.39 is 5.97 Å². The highest BCUT2D eigenvalue weighted by molar-refractivity contribution is 5.90. The van der Waals surface area contributed by atoms with Gasteiger partial charge in [-0.15, -0.1) is 0 Å². The number of H-pyrrole nitrogens is 1. The van der Waals surface area contributed by atoms with Gasteiger partial charge in [0.15, 0.2) is 5.69 Å². The molecule has 2 aromatic heterocycles. The molecule has 0 bridgehead atoms. The molecule has 0 radical (unpaired) electrons. The molecular formula is C11H12N4O3. The minimum atomic E-state index is -1.03. The number of nitrogens with one attached hydrogen (secondary N) is 1. The third-order valence-electron chi connectivity index (χ3n) is 3.16. The van der Waals surface area contributed by atoms with E-state index in [0.29, 0.717) is 6.42 Å². The average Bonchev–Trinajstić information content (AvgIpc) is 2.92. The maximum atomic E-state index is 11.2. The molecule has 0 fully saturated rings. The zero-order valence-corrected chi connectivity index (χ0v) is 9.55. The SMILES string of the molecule is O=C(O)c1nn(CCO)c2c1CCc1[nH]ncc1-2. The minimum Gasteiger partial charge on any atom is -0.476 e. The number of fused-ring (bicyclic) bond motifs is 3. The molecule has 2 heterocycles. The van der Waals surface area contributed by atoms with Crippen LogP contribution in [0.3, 0.4) is 0 Å². The first-order chi connectivity index (χ1) is 8.72. The number of carboxylic acids is 1. The first kappa shape index (κ1) is 11.0. The molecule has 0 aromatic carbocycles. The maximum Gasteiger partial charge on any atom is 0.356 e. The van der Waals surface area contributed by atoms with E-state index in [4.69, 9.17) is 10.2 Å². The van der Waals surface area contributed by atoms with Crippen LogP contribution in [-0.2, 0) is 19.4 Å². The zero-order valence-electron chi connectivity index (χ0n) is 9.55. The van der Waals surface area contributed by atoms with Gasteiger partial charge in [0.2, 0.25) is 0 Å². The third-order valence-corrected chi connectivity index (χ3v) is 3.16. The summed E-state index contributed by atoms with van der Waals surface area (Å²) < 4.78 is 1.55. The van der Waals surface area contributed by atoms with Gasteiger partial charge in [0.1, 0.15) is 0 Å². The van der Waals surface area contributed by atoms with Crippen LogP contribution in [0.25, 0.3) is 11.3 Å². The summed E-state index contributed by atoms with van der Waals surface area (Å²) in [5, 5.41) is 29.2. The Labute approximate surface area is 102 Å². The quantitative estimate of drug-likeness (QED) is 0.712. The number of nitrogens with zero attached hydrogens (tertiary/aromatic N) is 3. The van der Waals surface area contributed by atoms with Crippen molar-refractivity contribution < 1.29 is 15.0 Å². The first-order valence-corrected chi connectivity index (χ1v) is 5.68. The fraction of sp³-hybridized carbons (Fsp3) is 0.364. The minimum absolute atomic E-state index is 0.0744. The van der Waals surface area contributed by atoms with Crippen LogP contribution < -0.4 is 0 Å². The standard InChI is InChI=1S/C11H12N4O3/c16-4-3-15-10-6(9(14-15)11(17)18)1-2-8-7(10)5-12-13-8/h5,16H,1-4H2,(H,12,13)(H,17,18). The molecule has 7 heteroatoms. The monoisotopic (exact) mass is 248 g/mol. The fourth-order valence-electron chi connectivity index (χ4n) is 2.42. The lowest BCUT2D eigenvalue weighted by molar-refractivity contribution is 0.0688. The van der Waals surface area contributed by atoms with Gasteiger partial charge in [-0.3, -0.25) is 9.78 Å². The van der Waals surface area contributed by atoms with Gasteiger partial charge in [0, 0.05) is 16.8 Å². The van der Waals surface area contributed by atoms with E-state index in [1.165, 1.54) is 0 Å². The van der Waals surface area contributed by atoms with Crippen molar-refractivity contribution in [3.8, 4) is 11.3 Å². The van der Waals surface area contributed by atoms with Crippen molar-refractivity contribution >= 4 is 5.97 Å². The fourth-order valence-corrected chi connectivity index (χ4v) is 2.42. The Bertz CT molecular complexity index is 614. The molecule has 0 amide bonds. The number of aromatic carboxylic acids is 1. The Kier molecular flexibility index (Phi) is 2.41. The summed E-state index contributed by atoms with van der Waals surface area (Å²) in [5.74, 6) is -1.03. The summed E-state index contributed by atoms with van der Waals surface area (Å²) in [6.45, 7) is 0.195. The number of aryl methyl sites for hydroxylation is 1. The number of aliphatic hydroxyl groups excluding tert-OH is 1. The zero-order chi connectivity index (χ0) is 12.7. The molecule has 0 atom stereocenters. The molecule has 0 saturated heterocycles. The van der Waals surface area contributed by atoms with Crippen molar-refractivity contribution in [3.63, 3.8) is 0 Å². The lowest BCUT2D eigenvalue weighted by Crippen LogP contribution is -2.09. The van der Waals surface area contributed by atoms with E-state index in [0.717, 1.165) is 28.9 Å². The highest BCUT2D eigenvalue weighted by Gasteiger charge is 2.28. The molecule has 3 N–H and O–H groups in total. The summed E-state index contributed by atoms with van der Waals surface area (Å²) in [5.41, 5.74) is 3.43. The van der Waals surface area contributed by atoms with Crippen LogP contribution in [0.2, 0.25) is 0 Å². The van der Waals surface area contributed by atoms with Gasteiger partial charge in [0.05, 0.1) is 25.0 Å². The smallest absolute Gasteiger partial charge is 0.356 e. The maximum absolute atomic E-state index is 11.2. The number of hydrogen-bond acceptors (Lipinski definition) is 4. The van der Waals surface area contributed by atoms with Crippen molar-refractivity contribution in [2.24, 2.45) is 0 Å². The Hall–Kier alpha value is -2.15. The average molecular weight is 248 g/mol. The number of aromatic nitrogens is 4. The lowest BCUT2D eigenvalue weighted by atomic mass is 9.94. The molecule has 0 saturated carbocycles. The largest absolute Gasteiger partial charge is 0.476 e. The Morgan fingerprint density at radius 3 is 3.06 bits per heavy atom. The second-order valence-corrected chi connectivity index (χ2v) is 4.19. The van der Waals surface area contributed by atoms with Crippen LogP contribution in [0.5, 0.6) is 0 Å². The molecule has 1 aliphatic carbocycles. The molecule has 0 aliphatic heterocycles. The van der Waals surface area contributed by atoms with Gasteiger partial charge in [0.25, 0.3) is 0 Å². The molecule has 3 rings (SSSR count). The van der Waals surface area contributed by atoms with Crippen molar-refractivity contribution in [2.75, 3.05) is 6.61 Å². The summed E-state index contributed by atoms with van der Waals surface area (Å²) in [6, 6.07) is 0. The van der Waals surface area contributed by atoms with Gasteiger partial charge in [-0.1, -0.05) is 0 Å². The van der Waals surface area contributed by atoms with Gasteiger partial charge in [-0.05, 0) is 12.8 Å². The van der Waals surface area contributed by atoms with E-state index in [9.17, 15) is 4.79 Å². The molecule has 94 valence electrons. The summed E-state index contributed by atoms with van der Waals surface area (Å²) in [6.07, 6.45) is 3.03. The van der Waals surface area contributed by atoms with Gasteiger partial charge in [-0.25, -0.2) is 4.79 Å². The lowest BCUT2D eigenvalue weighted by Gasteiger charge is -2.13. The highest BCUT2D eigenvalue weighted by Crippen LogP contribution is 2.34. The van der Waals surface area contributed by atoms with Crippen LogP contribution in [0.15, 0.2) is 6.20 Å². The van der Waals surface area contributed by atoms with Crippen molar-refractivity contribution in [1.29, 1.82) is 0 Å². The normalized spacial score (nSPS) is 13.2. The number of aliphatic hydroxyl groups is 1. The van der Waals surface area contributed by atoms with Crippen molar-refractivity contribution in [2.45, 2.75) is 19.4 Å². The van der Waals surface area contributed by atoms with Crippen molar-refractivity contribution in [1.82, 2.24) is 20.0 Å². The molecule has 7 nitrogen and oxygen atoms in total. The molecular weight excluding hydrogens is 236 g/mol. The van der Waals surface area contributed by atoms with E-state index in [1.807, 2.05) is 0 Å². The van der Waals surface area contributed by atoms with E-state index >= 15 is 0 Å². The highest BCUT2D eigenvalue weighted by atomic mass is 16.4. The number of carbonyl (C=O) groups is 1. The second-order valence-electron chi connectivity index (χ2n) is 4.19.